The number of aliphatic hydroxyl groups excluding tert-OH is 1. The van der Waals surface area contributed by atoms with Crippen molar-refractivity contribution in [1.82, 2.24) is 0 Å². The summed E-state index contributed by atoms with van der Waals surface area (Å²) in [5.41, 5.74) is -0.0444. The summed E-state index contributed by atoms with van der Waals surface area (Å²) in [5, 5.41) is 9.93. The van der Waals surface area contributed by atoms with E-state index in [1.807, 2.05) is 0 Å². The van der Waals surface area contributed by atoms with Crippen LogP contribution in [0.2, 0.25) is 0 Å². The van der Waals surface area contributed by atoms with Gasteiger partial charge in [-0.25, -0.2) is 8.78 Å². The monoisotopic (exact) mass is 340 g/mol. The minimum Gasteiger partial charge on any atom is -0.511 e. The predicted molar refractivity (Wildman–Crippen MR) is 84.4 cm³/mol. The largest absolute Gasteiger partial charge is 0.511 e. The number of ketones is 2. The molecule has 23 heavy (non-hydrogen) atoms. The van der Waals surface area contributed by atoms with Gasteiger partial charge in [-0.15, -0.1) is 11.8 Å². The molecule has 0 radical (unpaired) electrons. The number of hydrogen-bond donors (Lipinski definition) is 1. The van der Waals surface area contributed by atoms with Crippen molar-refractivity contribution in [1.29, 1.82) is 0 Å². The third-order valence-corrected chi connectivity index (χ3v) is 4.84. The molecule has 1 unspecified atom stereocenters. The van der Waals surface area contributed by atoms with Gasteiger partial charge in [-0.1, -0.05) is 6.92 Å². The third kappa shape index (κ3) is 4.41. The topological polar surface area (TPSA) is 54.4 Å². The molecular formula is C17H18F2O3S. The maximum absolute atomic E-state index is 13.1. The van der Waals surface area contributed by atoms with Gasteiger partial charge in [0, 0.05) is 24.2 Å². The number of halogens is 2. The van der Waals surface area contributed by atoms with E-state index in [1.54, 1.807) is 6.92 Å². The highest BCUT2D eigenvalue weighted by Crippen LogP contribution is 2.31. The summed E-state index contributed by atoms with van der Waals surface area (Å²) in [6.07, 6.45) is 1.39. The lowest BCUT2D eigenvalue weighted by Crippen LogP contribution is -2.24. The number of hydrogen-bond acceptors (Lipinski definition) is 4. The first kappa shape index (κ1) is 17.7. The van der Waals surface area contributed by atoms with Gasteiger partial charge in [0.2, 0.25) is 0 Å². The van der Waals surface area contributed by atoms with Gasteiger partial charge in [0.05, 0.1) is 5.57 Å². The van der Waals surface area contributed by atoms with Crippen molar-refractivity contribution in [2.75, 3.05) is 5.75 Å². The van der Waals surface area contributed by atoms with Crippen molar-refractivity contribution in [3.8, 4) is 0 Å². The summed E-state index contributed by atoms with van der Waals surface area (Å²) in [4.78, 5) is 24.3. The first-order valence-electron chi connectivity index (χ1n) is 7.48. The smallest absolute Gasteiger partial charge is 0.170 e. The van der Waals surface area contributed by atoms with Gasteiger partial charge < -0.3 is 5.11 Å². The Balaban J connectivity index is 1.90. The van der Waals surface area contributed by atoms with E-state index in [4.69, 9.17) is 0 Å². The summed E-state index contributed by atoms with van der Waals surface area (Å²) in [7, 11) is 0. The van der Waals surface area contributed by atoms with Gasteiger partial charge >= 0.3 is 0 Å². The zero-order valence-electron chi connectivity index (χ0n) is 12.8. The quantitative estimate of drug-likeness (QED) is 0.622. The second-order valence-corrected chi connectivity index (χ2v) is 6.68. The normalized spacial score (nSPS) is 18.4. The molecular weight excluding hydrogens is 322 g/mol. The maximum atomic E-state index is 13.1. The lowest BCUT2D eigenvalue weighted by atomic mass is 9.83. The first-order valence-corrected chi connectivity index (χ1v) is 8.47. The van der Waals surface area contributed by atoms with Crippen molar-refractivity contribution in [2.24, 2.45) is 5.92 Å². The van der Waals surface area contributed by atoms with E-state index in [2.05, 4.69) is 0 Å². The molecule has 0 bridgehead atoms. The fraction of sp³-hybridized carbons (Fsp3) is 0.412. The fourth-order valence-electron chi connectivity index (χ4n) is 2.58. The highest BCUT2D eigenvalue weighted by molar-refractivity contribution is 7.99. The highest BCUT2D eigenvalue weighted by atomic mass is 32.2. The van der Waals surface area contributed by atoms with Crippen molar-refractivity contribution >= 4 is 23.3 Å². The van der Waals surface area contributed by atoms with Crippen LogP contribution in [0.1, 0.15) is 32.6 Å². The van der Waals surface area contributed by atoms with Crippen LogP contribution in [-0.2, 0) is 9.59 Å². The number of Topliss-reactive ketones (excluding diaryl/α,β-unsaturated/α-hetero) is 2. The molecule has 6 heteroatoms. The molecule has 1 aromatic rings. The van der Waals surface area contributed by atoms with Crippen LogP contribution in [0.5, 0.6) is 0 Å². The molecule has 0 saturated carbocycles. The van der Waals surface area contributed by atoms with E-state index in [-0.39, 0.29) is 41.7 Å². The van der Waals surface area contributed by atoms with E-state index >= 15 is 0 Å². The molecule has 0 aliphatic heterocycles. The Hall–Kier alpha value is -1.69. The van der Waals surface area contributed by atoms with Gasteiger partial charge in [0.15, 0.2) is 23.2 Å². The lowest BCUT2D eigenvalue weighted by molar-refractivity contribution is -0.122. The summed E-state index contributed by atoms with van der Waals surface area (Å²) in [5.74, 6) is -1.91. The predicted octanol–water partition coefficient (Wildman–Crippen LogP) is 4.22. The van der Waals surface area contributed by atoms with Crippen LogP contribution in [0.4, 0.5) is 8.78 Å². The van der Waals surface area contributed by atoms with Crippen molar-refractivity contribution < 1.29 is 23.5 Å². The Morgan fingerprint density at radius 2 is 2.04 bits per heavy atom. The fourth-order valence-corrected chi connectivity index (χ4v) is 3.62. The second-order valence-electron chi connectivity index (χ2n) is 5.51. The molecule has 1 N–H and O–H groups in total. The number of rotatable bonds is 6. The van der Waals surface area contributed by atoms with Crippen LogP contribution in [0, 0.1) is 17.6 Å². The molecule has 1 aliphatic carbocycles. The van der Waals surface area contributed by atoms with Crippen LogP contribution in [0.15, 0.2) is 34.4 Å². The van der Waals surface area contributed by atoms with Gasteiger partial charge in [-0.05, 0) is 36.3 Å². The minimum absolute atomic E-state index is 0.0336. The van der Waals surface area contributed by atoms with E-state index < -0.39 is 11.6 Å². The average Bonchev–Trinajstić information content (AvgIpc) is 2.50. The Morgan fingerprint density at radius 1 is 1.30 bits per heavy atom. The summed E-state index contributed by atoms with van der Waals surface area (Å²) < 4.78 is 26.0. The standard InChI is InChI=1S/C17H18F2O3S/c1-2-14(20)17-15(21)7-10(8-16(17)22)5-6-23-11-3-4-12(18)13(19)9-11/h3-4,9-10,21H,2,5-8H2,1H3. The molecule has 0 heterocycles. The van der Waals surface area contributed by atoms with Gasteiger partial charge in [0.25, 0.3) is 0 Å². The average molecular weight is 340 g/mol. The summed E-state index contributed by atoms with van der Waals surface area (Å²) in [6.45, 7) is 1.65. The molecule has 124 valence electrons. The molecule has 0 fully saturated rings. The van der Waals surface area contributed by atoms with Crippen LogP contribution in [0.25, 0.3) is 0 Å². The molecule has 3 nitrogen and oxygen atoms in total. The van der Waals surface area contributed by atoms with E-state index in [9.17, 15) is 23.5 Å². The third-order valence-electron chi connectivity index (χ3n) is 3.81. The number of allylic oxidation sites excluding steroid dienone is 2. The molecule has 2 rings (SSSR count). The van der Waals surface area contributed by atoms with Crippen LogP contribution >= 0.6 is 11.8 Å². The summed E-state index contributed by atoms with van der Waals surface area (Å²) in [6, 6.07) is 3.73. The van der Waals surface area contributed by atoms with Crippen LogP contribution in [-0.4, -0.2) is 22.4 Å². The molecule has 0 aromatic heterocycles. The molecule has 1 aliphatic rings. The van der Waals surface area contributed by atoms with Crippen LogP contribution < -0.4 is 0 Å². The summed E-state index contributed by atoms with van der Waals surface area (Å²) >= 11 is 1.37. The van der Waals surface area contributed by atoms with Gasteiger partial charge in [-0.3, -0.25) is 9.59 Å². The van der Waals surface area contributed by atoms with E-state index in [0.717, 1.165) is 12.1 Å². The zero-order chi connectivity index (χ0) is 17.0. The molecule has 1 aromatic carbocycles. The number of thioether (sulfide) groups is 1. The number of benzene rings is 1. The number of carbonyl (C=O) groups is 2. The first-order chi connectivity index (χ1) is 10.9. The molecule has 0 saturated heterocycles. The second kappa shape index (κ2) is 7.73. The Morgan fingerprint density at radius 3 is 2.65 bits per heavy atom. The van der Waals surface area contributed by atoms with E-state index in [0.29, 0.717) is 23.5 Å². The minimum atomic E-state index is -0.883. The molecule has 0 amide bonds. The zero-order valence-corrected chi connectivity index (χ0v) is 13.6. The van der Waals surface area contributed by atoms with Crippen LogP contribution in [0.3, 0.4) is 0 Å². The SMILES string of the molecule is CCC(=O)C1=C(O)CC(CCSc2ccc(F)c(F)c2)CC1=O. The van der Waals surface area contributed by atoms with E-state index in [1.165, 1.54) is 17.8 Å². The lowest BCUT2D eigenvalue weighted by Gasteiger charge is -2.22. The van der Waals surface area contributed by atoms with Gasteiger partial charge in [0.1, 0.15) is 5.76 Å². The molecule has 0 spiro atoms. The molecule has 1 atom stereocenters. The number of aliphatic hydroxyl groups is 1. The Kier molecular flexibility index (Phi) is 5.93. The Labute approximate surface area is 137 Å². The van der Waals surface area contributed by atoms with Crippen molar-refractivity contribution in [3.05, 3.63) is 41.2 Å². The van der Waals surface area contributed by atoms with Gasteiger partial charge in [-0.2, -0.15) is 0 Å². The van der Waals surface area contributed by atoms with Crippen molar-refractivity contribution in [2.45, 2.75) is 37.5 Å². The Bertz CT molecular complexity index is 655. The highest BCUT2D eigenvalue weighted by Gasteiger charge is 2.30. The number of carbonyl (C=O) groups excluding carboxylic acids is 2. The maximum Gasteiger partial charge on any atom is 0.170 e. The van der Waals surface area contributed by atoms with Crippen molar-refractivity contribution in [3.63, 3.8) is 0 Å².